The lowest BCUT2D eigenvalue weighted by Gasteiger charge is -2.10. The average Bonchev–Trinajstić information content (AvgIpc) is 2.26. The van der Waals surface area contributed by atoms with Crippen molar-refractivity contribution in [1.29, 1.82) is 0 Å². The van der Waals surface area contributed by atoms with Gasteiger partial charge >= 0.3 is 5.69 Å². The smallest absolute Gasteiger partial charge is 0.311 e. The van der Waals surface area contributed by atoms with Gasteiger partial charge in [-0.2, -0.15) is 0 Å². The molecule has 1 aromatic carbocycles. The molecule has 6 heteroatoms. The van der Waals surface area contributed by atoms with Crippen LogP contribution in [0, 0.1) is 10.1 Å². The SMILES string of the molecule is C=CCC[C@H](N)c1ccc(O)c([N+](=O)[O-])c1.Cl. The van der Waals surface area contributed by atoms with Gasteiger partial charge in [0.1, 0.15) is 0 Å². The minimum absolute atomic E-state index is 0. The Morgan fingerprint density at radius 2 is 2.24 bits per heavy atom. The molecule has 5 nitrogen and oxygen atoms in total. The van der Waals surface area contributed by atoms with E-state index in [1.807, 2.05) is 0 Å². The molecule has 0 amide bonds. The minimum atomic E-state index is -0.626. The third kappa shape index (κ3) is 4.05. The van der Waals surface area contributed by atoms with Crippen molar-refractivity contribution in [2.45, 2.75) is 18.9 Å². The Bertz CT molecular complexity index is 410. The van der Waals surface area contributed by atoms with Crippen LogP contribution < -0.4 is 5.73 Å². The van der Waals surface area contributed by atoms with Crippen molar-refractivity contribution < 1.29 is 10.0 Å². The lowest BCUT2D eigenvalue weighted by molar-refractivity contribution is -0.385. The van der Waals surface area contributed by atoms with Gasteiger partial charge in [-0.3, -0.25) is 10.1 Å². The number of nitrogens with two attached hydrogens (primary N) is 1. The lowest BCUT2D eigenvalue weighted by atomic mass is 10.0. The van der Waals surface area contributed by atoms with Gasteiger partial charge in [0.2, 0.25) is 0 Å². The van der Waals surface area contributed by atoms with E-state index in [1.54, 1.807) is 12.1 Å². The zero-order valence-electron chi connectivity index (χ0n) is 9.20. The molecule has 0 spiro atoms. The first-order chi connectivity index (χ1) is 7.56. The number of nitrogens with zero attached hydrogens (tertiary/aromatic N) is 1. The van der Waals surface area contributed by atoms with E-state index in [2.05, 4.69) is 6.58 Å². The van der Waals surface area contributed by atoms with Crippen LogP contribution in [-0.4, -0.2) is 10.0 Å². The Hall–Kier alpha value is -1.59. The third-order valence-electron chi connectivity index (χ3n) is 2.31. The van der Waals surface area contributed by atoms with E-state index in [1.165, 1.54) is 12.1 Å². The molecule has 0 fully saturated rings. The largest absolute Gasteiger partial charge is 0.502 e. The summed E-state index contributed by atoms with van der Waals surface area (Å²) in [4.78, 5) is 9.97. The quantitative estimate of drug-likeness (QED) is 0.483. The molecule has 1 atom stereocenters. The molecular weight excluding hydrogens is 244 g/mol. The predicted molar refractivity (Wildman–Crippen MR) is 68.4 cm³/mol. The highest BCUT2D eigenvalue weighted by molar-refractivity contribution is 5.85. The first-order valence-corrected chi connectivity index (χ1v) is 4.90. The Morgan fingerprint density at radius 3 is 2.76 bits per heavy atom. The van der Waals surface area contributed by atoms with Gasteiger partial charge < -0.3 is 10.8 Å². The van der Waals surface area contributed by atoms with Gasteiger partial charge in [0.05, 0.1) is 4.92 Å². The molecule has 3 N–H and O–H groups in total. The van der Waals surface area contributed by atoms with Crippen molar-refractivity contribution in [1.82, 2.24) is 0 Å². The van der Waals surface area contributed by atoms with Gasteiger partial charge in [-0.15, -0.1) is 19.0 Å². The van der Waals surface area contributed by atoms with Crippen molar-refractivity contribution in [3.8, 4) is 5.75 Å². The number of nitro groups is 1. The minimum Gasteiger partial charge on any atom is -0.502 e. The second-order valence-electron chi connectivity index (χ2n) is 3.48. The molecule has 0 radical (unpaired) electrons. The van der Waals surface area contributed by atoms with Crippen LogP contribution in [0.5, 0.6) is 5.75 Å². The predicted octanol–water partition coefficient (Wildman–Crippen LogP) is 2.69. The van der Waals surface area contributed by atoms with Gasteiger partial charge in [0.25, 0.3) is 0 Å². The molecule has 0 aliphatic carbocycles. The summed E-state index contributed by atoms with van der Waals surface area (Å²) in [5.41, 5.74) is 6.18. The summed E-state index contributed by atoms with van der Waals surface area (Å²) in [6.07, 6.45) is 3.16. The van der Waals surface area contributed by atoms with E-state index in [0.717, 1.165) is 6.42 Å². The standard InChI is InChI=1S/C11H14N2O3.ClH/c1-2-3-4-9(12)8-5-6-11(14)10(7-8)13(15)16;/h2,5-7,9,14H,1,3-4,12H2;1H/t9-;/m0./s1. The molecule has 0 aromatic heterocycles. The number of aromatic hydroxyl groups is 1. The summed E-state index contributed by atoms with van der Waals surface area (Å²) in [5, 5.41) is 19.9. The zero-order valence-corrected chi connectivity index (χ0v) is 10.0. The number of phenolic OH excluding ortho intramolecular Hbond substituents is 1. The number of phenols is 1. The molecular formula is C11H15ClN2O3. The molecule has 0 aliphatic heterocycles. The highest BCUT2D eigenvalue weighted by atomic mass is 35.5. The maximum atomic E-state index is 10.6. The first kappa shape index (κ1) is 15.4. The summed E-state index contributed by atoms with van der Waals surface area (Å²) in [7, 11) is 0. The Labute approximate surface area is 106 Å². The summed E-state index contributed by atoms with van der Waals surface area (Å²) >= 11 is 0. The van der Waals surface area contributed by atoms with E-state index in [-0.39, 0.29) is 29.9 Å². The number of benzene rings is 1. The topological polar surface area (TPSA) is 89.4 Å². The van der Waals surface area contributed by atoms with Gasteiger partial charge in [0, 0.05) is 12.1 Å². The molecule has 0 heterocycles. The fraction of sp³-hybridized carbons (Fsp3) is 0.273. The summed E-state index contributed by atoms with van der Waals surface area (Å²) in [5.74, 6) is -0.343. The van der Waals surface area contributed by atoms with Crippen LogP contribution in [0.25, 0.3) is 0 Å². The summed E-state index contributed by atoms with van der Waals surface area (Å²) in [6, 6.07) is 3.91. The molecule has 0 unspecified atom stereocenters. The molecule has 1 aromatic rings. The number of nitro benzene ring substituents is 1. The molecule has 0 bridgehead atoms. The van der Waals surface area contributed by atoms with E-state index in [0.29, 0.717) is 12.0 Å². The fourth-order valence-electron chi connectivity index (χ4n) is 1.38. The first-order valence-electron chi connectivity index (χ1n) is 4.90. The normalized spacial score (nSPS) is 11.4. The molecule has 94 valence electrons. The number of hydrogen-bond donors (Lipinski definition) is 2. The van der Waals surface area contributed by atoms with Gasteiger partial charge in [-0.05, 0) is 24.5 Å². The number of hydrogen-bond acceptors (Lipinski definition) is 4. The monoisotopic (exact) mass is 258 g/mol. The third-order valence-corrected chi connectivity index (χ3v) is 2.31. The van der Waals surface area contributed by atoms with Gasteiger partial charge in [-0.1, -0.05) is 12.1 Å². The summed E-state index contributed by atoms with van der Waals surface area (Å²) in [6.45, 7) is 3.58. The average molecular weight is 259 g/mol. The summed E-state index contributed by atoms with van der Waals surface area (Å²) < 4.78 is 0. The second kappa shape index (κ2) is 6.88. The van der Waals surface area contributed by atoms with E-state index >= 15 is 0 Å². The van der Waals surface area contributed by atoms with Gasteiger partial charge in [0.15, 0.2) is 5.75 Å². The maximum Gasteiger partial charge on any atom is 0.311 e. The Morgan fingerprint density at radius 1 is 1.59 bits per heavy atom. The molecule has 0 saturated carbocycles. The van der Waals surface area contributed by atoms with Crippen molar-refractivity contribution in [2.75, 3.05) is 0 Å². The lowest BCUT2D eigenvalue weighted by Crippen LogP contribution is -2.10. The molecule has 17 heavy (non-hydrogen) atoms. The number of rotatable bonds is 5. The highest BCUT2D eigenvalue weighted by Crippen LogP contribution is 2.29. The van der Waals surface area contributed by atoms with Crippen LogP contribution >= 0.6 is 12.4 Å². The fourth-order valence-corrected chi connectivity index (χ4v) is 1.38. The maximum absolute atomic E-state index is 10.6. The van der Waals surface area contributed by atoms with Gasteiger partial charge in [-0.25, -0.2) is 0 Å². The van der Waals surface area contributed by atoms with Crippen molar-refractivity contribution in [3.63, 3.8) is 0 Å². The molecule has 1 rings (SSSR count). The van der Waals surface area contributed by atoms with Crippen LogP contribution in [0.3, 0.4) is 0 Å². The molecule has 0 saturated heterocycles. The van der Waals surface area contributed by atoms with Crippen LogP contribution in [0.15, 0.2) is 30.9 Å². The van der Waals surface area contributed by atoms with E-state index in [4.69, 9.17) is 5.73 Å². The van der Waals surface area contributed by atoms with Crippen LogP contribution in [0.2, 0.25) is 0 Å². The van der Waals surface area contributed by atoms with Crippen LogP contribution in [0.4, 0.5) is 5.69 Å². The van der Waals surface area contributed by atoms with E-state index < -0.39 is 4.92 Å². The highest BCUT2D eigenvalue weighted by Gasteiger charge is 2.16. The van der Waals surface area contributed by atoms with Crippen molar-refractivity contribution >= 4 is 18.1 Å². The van der Waals surface area contributed by atoms with Crippen molar-refractivity contribution in [3.05, 3.63) is 46.5 Å². The zero-order chi connectivity index (χ0) is 12.1. The Kier molecular flexibility index (Phi) is 6.23. The number of halogens is 1. The van der Waals surface area contributed by atoms with E-state index in [9.17, 15) is 15.2 Å². The van der Waals surface area contributed by atoms with Crippen LogP contribution in [0.1, 0.15) is 24.4 Å². The number of allylic oxidation sites excluding steroid dienone is 1. The van der Waals surface area contributed by atoms with Crippen LogP contribution in [-0.2, 0) is 0 Å². The Balaban J connectivity index is 0.00000256. The molecule has 0 aliphatic rings. The van der Waals surface area contributed by atoms with Crippen molar-refractivity contribution in [2.24, 2.45) is 5.73 Å². The second-order valence-corrected chi connectivity index (χ2v) is 3.48.